The molecule has 22 heavy (non-hydrogen) atoms. The van der Waals surface area contributed by atoms with Crippen LogP contribution < -0.4 is 10.1 Å². The number of benzene rings is 2. The van der Waals surface area contributed by atoms with Crippen LogP contribution in [0.3, 0.4) is 0 Å². The van der Waals surface area contributed by atoms with Gasteiger partial charge in [0.25, 0.3) is 5.91 Å². The van der Waals surface area contributed by atoms with Crippen LogP contribution in [0.4, 0.5) is 14.5 Å². The molecule has 0 spiro atoms. The monoisotopic (exact) mass is 325 g/mol. The van der Waals surface area contributed by atoms with Crippen molar-refractivity contribution >= 4 is 22.4 Å². The summed E-state index contributed by atoms with van der Waals surface area (Å²) in [5.74, 6) is -2.32. The highest BCUT2D eigenvalue weighted by molar-refractivity contribution is 7.84. The molecule has 0 fully saturated rings. The second-order valence-corrected chi connectivity index (χ2v) is 5.77. The zero-order valence-electron chi connectivity index (χ0n) is 11.6. The SMILES string of the molecule is C[S@](=O)c1cccc(NC(=O)COc2ccc(F)cc2F)c1. The fourth-order valence-electron chi connectivity index (χ4n) is 1.69. The molecule has 0 aromatic heterocycles. The lowest BCUT2D eigenvalue weighted by Gasteiger charge is -2.09. The number of hydrogen-bond donors (Lipinski definition) is 1. The average molecular weight is 325 g/mol. The van der Waals surface area contributed by atoms with Gasteiger partial charge in [-0.25, -0.2) is 8.78 Å². The van der Waals surface area contributed by atoms with Crippen LogP contribution in [-0.4, -0.2) is 23.0 Å². The van der Waals surface area contributed by atoms with Gasteiger partial charge in [-0.2, -0.15) is 0 Å². The van der Waals surface area contributed by atoms with Crippen molar-refractivity contribution < 1.29 is 22.5 Å². The summed E-state index contributed by atoms with van der Waals surface area (Å²) in [6.45, 7) is -0.429. The van der Waals surface area contributed by atoms with E-state index < -0.39 is 34.9 Å². The van der Waals surface area contributed by atoms with Crippen molar-refractivity contribution in [3.8, 4) is 5.75 Å². The highest BCUT2D eigenvalue weighted by Gasteiger charge is 2.09. The van der Waals surface area contributed by atoms with Crippen molar-refractivity contribution in [2.45, 2.75) is 4.90 Å². The van der Waals surface area contributed by atoms with E-state index in [2.05, 4.69) is 5.32 Å². The van der Waals surface area contributed by atoms with E-state index in [1.165, 1.54) is 6.26 Å². The summed E-state index contributed by atoms with van der Waals surface area (Å²) in [5, 5.41) is 2.54. The maximum absolute atomic E-state index is 13.3. The van der Waals surface area contributed by atoms with E-state index in [1.54, 1.807) is 24.3 Å². The maximum Gasteiger partial charge on any atom is 0.262 e. The number of rotatable bonds is 5. The quantitative estimate of drug-likeness (QED) is 0.919. The predicted octanol–water partition coefficient (Wildman–Crippen LogP) is 2.72. The van der Waals surface area contributed by atoms with Gasteiger partial charge in [-0.05, 0) is 30.3 Å². The molecule has 0 aliphatic rings. The normalized spacial score (nSPS) is 11.8. The summed E-state index contributed by atoms with van der Waals surface area (Å²) in [4.78, 5) is 12.3. The second-order valence-electron chi connectivity index (χ2n) is 4.39. The Morgan fingerprint density at radius 2 is 2.00 bits per heavy atom. The van der Waals surface area contributed by atoms with Crippen LogP contribution in [0.2, 0.25) is 0 Å². The summed E-state index contributed by atoms with van der Waals surface area (Å²) >= 11 is 0. The van der Waals surface area contributed by atoms with Gasteiger partial charge in [0.2, 0.25) is 0 Å². The summed E-state index contributed by atoms with van der Waals surface area (Å²) in [6, 6.07) is 9.37. The van der Waals surface area contributed by atoms with Gasteiger partial charge in [0.1, 0.15) is 5.82 Å². The molecule has 0 unspecified atom stereocenters. The van der Waals surface area contributed by atoms with E-state index in [9.17, 15) is 17.8 Å². The van der Waals surface area contributed by atoms with Gasteiger partial charge in [-0.3, -0.25) is 9.00 Å². The highest BCUT2D eigenvalue weighted by Crippen LogP contribution is 2.18. The van der Waals surface area contributed by atoms with Crippen molar-refractivity contribution in [2.24, 2.45) is 0 Å². The molecule has 1 atom stereocenters. The van der Waals surface area contributed by atoms with Gasteiger partial charge >= 0.3 is 0 Å². The predicted molar refractivity (Wildman–Crippen MR) is 79.3 cm³/mol. The van der Waals surface area contributed by atoms with E-state index in [0.717, 1.165) is 12.1 Å². The fourth-order valence-corrected chi connectivity index (χ4v) is 2.25. The molecule has 0 aliphatic carbocycles. The lowest BCUT2D eigenvalue weighted by atomic mass is 10.3. The largest absolute Gasteiger partial charge is 0.481 e. The number of anilines is 1. The third-order valence-electron chi connectivity index (χ3n) is 2.70. The average Bonchev–Trinajstić information content (AvgIpc) is 2.46. The molecule has 0 aliphatic heterocycles. The first kappa shape index (κ1) is 16.1. The van der Waals surface area contributed by atoms with E-state index in [4.69, 9.17) is 4.74 Å². The van der Waals surface area contributed by atoms with Gasteiger partial charge in [0.05, 0.1) is 0 Å². The van der Waals surface area contributed by atoms with Crippen LogP contribution in [0.5, 0.6) is 5.75 Å². The molecule has 0 saturated carbocycles. The Bertz CT molecular complexity index is 722. The molecule has 0 radical (unpaired) electrons. The minimum absolute atomic E-state index is 0.208. The molecule has 2 aromatic rings. The van der Waals surface area contributed by atoms with Crippen molar-refractivity contribution in [3.63, 3.8) is 0 Å². The zero-order chi connectivity index (χ0) is 16.1. The van der Waals surface area contributed by atoms with Crippen molar-refractivity contribution in [1.29, 1.82) is 0 Å². The third kappa shape index (κ3) is 4.36. The van der Waals surface area contributed by atoms with Crippen molar-refractivity contribution in [3.05, 3.63) is 54.1 Å². The second kappa shape index (κ2) is 7.13. The van der Waals surface area contributed by atoms with E-state index in [-0.39, 0.29) is 5.75 Å². The number of carbonyl (C=O) groups is 1. The Hall–Kier alpha value is -2.28. The van der Waals surface area contributed by atoms with Crippen LogP contribution in [0.25, 0.3) is 0 Å². The first-order valence-corrected chi connectivity index (χ1v) is 7.82. The smallest absolute Gasteiger partial charge is 0.262 e. The lowest BCUT2D eigenvalue weighted by molar-refractivity contribution is -0.118. The van der Waals surface area contributed by atoms with Crippen LogP contribution >= 0.6 is 0 Å². The number of carbonyl (C=O) groups excluding carboxylic acids is 1. The van der Waals surface area contributed by atoms with Crippen LogP contribution in [0.15, 0.2) is 47.4 Å². The molecule has 2 rings (SSSR count). The number of ether oxygens (including phenoxy) is 1. The summed E-state index contributed by atoms with van der Waals surface area (Å²) in [6.07, 6.45) is 1.53. The van der Waals surface area contributed by atoms with Crippen molar-refractivity contribution in [2.75, 3.05) is 18.2 Å². The minimum atomic E-state index is -1.16. The standard InChI is InChI=1S/C15H13F2NO3S/c1-22(20)12-4-2-3-11(8-12)18-15(19)9-21-14-6-5-10(16)7-13(14)17/h2-8H,9H2,1H3,(H,18,19)/t22-/m0/s1. The van der Waals surface area contributed by atoms with E-state index in [1.807, 2.05) is 0 Å². The molecule has 4 nitrogen and oxygen atoms in total. The lowest BCUT2D eigenvalue weighted by Crippen LogP contribution is -2.20. The number of amides is 1. The Morgan fingerprint density at radius 3 is 2.68 bits per heavy atom. The first-order valence-electron chi connectivity index (χ1n) is 6.27. The Labute approximate surface area is 128 Å². The third-order valence-corrected chi connectivity index (χ3v) is 3.62. The molecule has 116 valence electrons. The molecule has 7 heteroatoms. The van der Waals surface area contributed by atoms with Gasteiger partial charge in [0, 0.05) is 33.7 Å². The number of halogens is 2. The van der Waals surface area contributed by atoms with Crippen LogP contribution in [0, 0.1) is 11.6 Å². The molecular formula is C15H13F2NO3S. The molecule has 1 amide bonds. The summed E-state index contributed by atoms with van der Waals surface area (Å²) in [5.41, 5.74) is 0.459. The Kier molecular flexibility index (Phi) is 5.21. The van der Waals surface area contributed by atoms with E-state index in [0.29, 0.717) is 16.6 Å². The maximum atomic E-state index is 13.3. The minimum Gasteiger partial charge on any atom is -0.481 e. The number of hydrogen-bond acceptors (Lipinski definition) is 3. The molecule has 1 N–H and O–H groups in total. The topological polar surface area (TPSA) is 55.4 Å². The summed E-state index contributed by atoms with van der Waals surface area (Å²) in [7, 11) is -1.16. The molecule has 0 saturated heterocycles. The van der Waals surface area contributed by atoms with Gasteiger partial charge in [-0.15, -0.1) is 0 Å². The molecule has 0 heterocycles. The number of nitrogens with one attached hydrogen (secondary N) is 1. The molecule has 2 aromatic carbocycles. The van der Waals surface area contributed by atoms with Gasteiger partial charge in [-0.1, -0.05) is 6.07 Å². The van der Waals surface area contributed by atoms with Crippen LogP contribution in [-0.2, 0) is 15.6 Å². The Balaban J connectivity index is 1.95. The van der Waals surface area contributed by atoms with Crippen molar-refractivity contribution in [1.82, 2.24) is 0 Å². The highest BCUT2D eigenvalue weighted by atomic mass is 32.2. The van der Waals surface area contributed by atoms with Crippen LogP contribution in [0.1, 0.15) is 0 Å². The van der Waals surface area contributed by atoms with Gasteiger partial charge < -0.3 is 10.1 Å². The van der Waals surface area contributed by atoms with E-state index >= 15 is 0 Å². The Morgan fingerprint density at radius 1 is 1.23 bits per heavy atom. The van der Waals surface area contributed by atoms with Gasteiger partial charge in [0.15, 0.2) is 18.2 Å². The first-order chi connectivity index (χ1) is 10.5. The summed E-state index contributed by atoms with van der Waals surface area (Å²) < 4.78 is 42.4. The molecule has 0 bridgehead atoms. The fraction of sp³-hybridized carbons (Fsp3) is 0.133. The molecular weight excluding hydrogens is 312 g/mol. The zero-order valence-corrected chi connectivity index (χ0v) is 12.5.